The minimum absolute atomic E-state index is 0.694. The van der Waals surface area contributed by atoms with E-state index in [4.69, 9.17) is 4.42 Å². The zero-order chi connectivity index (χ0) is 9.90. The standard InChI is InChI=1S/C10H15NOSi/c1-5-10-11-8-9(12-10)6-7-13(2,3)4/h8H,5H2,1-4H3. The summed E-state index contributed by atoms with van der Waals surface area (Å²) in [5, 5.41) is 0. The van der Waals surface area contributed by atoms with E-state index in [0.29, 0.717) is 5.76 Å². The molecule has 0 N–H and O–H groups in total. The van der Waals surface area contributed by atoms with Gasteiger partial charge in [0.15, 0.2) is 11.7 Å². The van der Waals surface area contributed by atoms with Crippen LogP contribution in [0.1, 0.15) is 18.6 Å². The van der Waals surface area contributed by atoms with E-state index in [-0.39, 0.29) is 0 Å². The van der Waals surface area contributed by atoms with Gasteiger partial charge in [-0.1, -0.05) is 26.6 Å². The summed E-state index contributed by atoms with van der Waals surface area (Å²) in [7, 11) is -1.29. The fourth-order valence-corrected chi connectivity index (χ4v) is 1.28. The molecule has 13 heavy (non-hydrogen) atoms. The van der Waals surface area contributed by atoms with Crippen molar-refractivity contribution in [2.24, 2.45) is 0 Å². The molecule has 70 valence electrons. The first kappa shape index (κ1) is 10.1. The van der Waals surface area contributed by atoms with Crippen LogP contribution in [-0.2, 0) is 6.42 Å². The SMILES string of the molecule is CCc1ncc(C#C[Si](C)(C)C)o1. The monoisotopic (exact) mass is 193 g/mol. The van der Waals surface area contributed by atoms with Crippen LogP contribution >= 0.6 is 0 Å². The smallest absolute Gasteiger partial charge is 0.196 e. The molecule has 0 fully saturated rings. The summed E-state index contributed by atoms with van der Waals surface area (Å²) in [6.07, 6.45) is 2.53. The first-order valence-corrected chi connectivity index (χ1v) is 7.99. The number of aromatic nitrogens is 1. The molecular weight excluding hydrogens is 178 g/mol. The van der Waals surface area contributed by atoms with E-state index in [1.54, 1.807) is 6.20 Å². The van der Waals surface area contributed by atoms with Crippen LogP contribution in [0.5, 0.6) is 0 Å². The van der Waals surface area contributed by atoms with E-state index >= 15 is 0 Å². The highest BCUT2D eigenvalue weighted by molar-refractivity contribution is 6.83. The summed E-state index contributed by atoms with van der Waals surface area (Å²) in [6.45, 7) is 8.63. The molecule has 3 heteroatoms. The van der Waals surface area contributed by atoms with Gasteiger partial charge in [-0.05, 0) is 5.92 Å². The summed E-state index contributed by atoms with van der Waals surface area (Å²) in [5.74, 6) is 4.48. The van der Waals surface area contributed by atoms with Gasteiger partial charge in [0.25, 0.3) is 0 Å². The van der Waals surface area contributed by atoms with Crippen LogP contribution in [-0.4, -0.2) is 13.1 Å². The van der Waals surface area contributed by atoms with Crippen molar-refractivity contribution in [3.05, 3.63) is 17.8 Å². The molecule has 0 atom stereocenters. The Bertz CT molecular complexity index is 338. The van der Waals surface area contributed by atoms with Crippen LogP contribution in [0, 0.1) is 11.5 Å². The summed E-state index contributed by atoms with van der Waals surface area (Å²) in [5.41, 5.74) is 3.23. The summed E-state index contributed by atoms with van der Waals surface area (Å²) >= 11 is 0. The highest BCUT2D eigenvalue weighted by Gasteiger charge is 2.08. The molecule has 1 aromatic rings. The van der Waals surface area contributed by atoms with E-state index in [0.717, 1.165) is 12.3 Å². The largest absolute Gasteiger partial charge is 0.432 e. The highest BCUT2D eigenvalue weighted by atomic mass is 28.3. The zero-order valence-electron chi connectivity index (χ0n) is 8.64. The summed E-state index contributed by atoms with van der Waals surface area (Å²) < 4.78 is 5.37. The van der Waals surface area contributed by atoms with Gasteiger partial charge < -0.3 is 4.42 Å². The molecule has 0 spiro atoms. The molecule has 0 aliphatic heterocycles. The molecule has 0 aliphatic rings. The Kier molecular flexibility index (Phi) is 2.94. The van der Waals surface area contributed by atoms with E-state index < -0.39 is 8.07 Å². The zero-order valence-corrected chi connectivity index (χ0v) is 9.64. The normalized spacial score (nSPS) is 10.8. The maximum Gasteiger partial charge on any atom is 0.196 e. The third-order valence-corrected chi connectivity index (χ3v) is 2.29. The Morgan fingerprint density at radius 1 is 1.46 bits per heavy atom. The highest BCUT2D eigenvalue weighted by Crippen LogP contribution is 2.03. The maximum atomic E-state index is 5.37. The Morgan fingerprint density at radius 3 is 2.62 bits per heavy atom. The van der Waals surface area contributed by atoms with Gasteiger partial charge in [0, 0.05) is 6.42 Å². The van der Waals surface area contributed by atoms with Crippen LogP contribution in [0.15, 0.2) is 10.6 Å². The van der Waals surface area contributed by atoms with Crippen molar-refractivity contribution in [2.75, 3.05) is 0 Å². The maximum absolute atomic E-state index is 5.37. The Labute approximate surface area is 80.4 Å². The fraction of sp³-hybridized carbons (Fsp3) is 0.500. The molecule has 2 nitrogen and oxygen atoms in total. The first-order valence-electron chi connectivity index (χ1n) is 4.49. The Hall–Kier alpha value is -1.01. The molecule has 0 aromatic carbocycles. The Morgan fingerprint density at radius 2 is 2.15 bits per heavy atom. The van der Waals surface area contributed by atoms with Crippen LogP contribution < -0.4 is 0 Å². The topological polar surface area (TPSA) is 26.0 Å². The van der Waals surface area contributed by atoms with Crippen LogP contribution in [0.3, 0.4) is 0 Å². The summed E-state index contributed by atoms with van der Waals surface area (Å²) in [4.78, 5) is 4.08. The molecule has 0 amide bonds. The lowest BCUT2D eigenvalue weighted by Crippen LogP contribution is -2.16. The van der Waals surface area contributed by atoms with Gasteiger partial charge in [0.1, 0.15) is 8.07 Å². The van der Waals surface area contributed by atoms with E-state index in [9.17, 15) is 0 Å². The lowest BCUT2D eigenvalue weighted by Gasteiger charge is -2.02. The molecular formula is C10H15NOSi. The van der Waals surface area contributed by atoms with E-state index in [1.165, 1.54) is 0 Å². The van der Waals surface area contributed by atoms with Gasteiger partial charge in [-0.2, -0.15) is 0 Å². The van der Waals surface area contributed by atoms with Gasteiger partial charge in [0.05, 0.1) is 6.20 Å². The lowest BCUT2D eigenvalue weighted by molar-refractivity contribution is 0.492. The minimum atomic E-state index is -1.29. The lowest BCUT2D eigenvalue weighted by atomic mass is 10.5. The number of oxazole rings is 1. The second kappa shape index (κ2) is 3.80. The van der Waals surface area contributed by atoms with Crippen LogP contribution in [0.2, 0.25) is 19.6 Å². The number of aryl methyl sites for hydroxylation is 1. The molecule has 0 saturated carbocycles. The van der Waals surface area contributed by atoms with Crippen molar-refractivity contribution >= 4 is 8.07 Å². The predicted molar refractivity (Wildman–Crippen MR) is 56.1 cm³/mol. The van der Waals surface area contributed by atoms with Crippen molar-refractivity contribution in [2.45, 2.75) is 33.0 Å². The average Bonchev–Trinajstić information content (AvgIpc) is 2.47. The quantitative estimate of drug-likeness (QED) is 0.506. The third-order valence-electron chi connectivity index (χ3n) is 1.42. The molecule has 0 bridgehead atoms. The minimum Gasteiger partial charge on any atom is -0.432 e. The number of hydrogen-bond acceptors (Lipinski definition) is 2. The molecule has 0 saturated heterocycles. The predicted octanol–water partition coefficient (Wildman–Crippen LogP) is 2.47. The number of rotatable bonds is 1. The average molecular weight is 193 g/mol. The van der Waals surface area contributed by atoms with Crippen LogP contribution in [0.4, 0.5) is 0 Å². The second-order valence-corrected chi connectivity index (χ2v) is 8.72. The third kappa shape index (κ3) is 3.47. The second-order valence-electron chi connectivity index (χ2n) is 3.97. The molecule has 1 heterocycles. The van der Waals surface area contributed by atoms with Crippen molar-refractivity contribution in [3.63, 3.8) is 0 Å². The number of hydrogen-bond donors (Lipinski definition) is 0. The van der Waals surface area contributed by atoms with Crippen molar-refractivity contribution in [1.29, 1.82) is 0 Å². The molecule has 0 aliphatic carbocycles. The van der Waals surface area contributed by atoms with Crippen molar-refractivity contribution in [1.82, 2.24) is 4.98 Å². The molecule has 1 rings (SSSR count). The number of nitrogens with zero attached hydrogens (tertiary/aromatic N) is 1. The van der Waals surface area contributed by atoms with Gasteiger partial charge in [-0.15, -0.1) is 5.54 Å². The van der Waals surface area contributed by atoms with Gasteiger partial charge in [-0.3, -0.25) is 0 Å². The van der Waals surface area contributed by atoms with Crippen molar-refractivity contribution < 1.29 is 4.42 Å². The summed E-state index contributed by atoms with van der Waals surface area (Å²) in [6, 6.07) is 0. The van der Waals surface area contributed by atoms with Gasteiger partial charge in [-0.25, -0.2) is 4.98 Å². The Balaban J connectivity index is 2.78. The first-order chi connectivity index (χ1) is 6.01. The van der Waals surface area contributed by atoms with Crippen molar-refractivity contribution in [3.8, 4) is 11.5 Å². The van der Waals surface area contributed by atoms with E-state index in [1.807, 2.05) is 6.92 Å². The van der Waals surface area contributed by atoms with E-state index in [2.05, 4.69) is 36.1 Å². The molecule has 1 aromatic heterocycles. The van der Waals surface area contributed by atoms with Gasteiger partial charge >= 0.3 is 0 Å². The molecule has 0 radical (unpaired) electrons. The van der Waals surface area contributed by atoms with Gasteiger partial charge in [0.2, 0.25) is 0 Å². The molecule has 0 unspecified atom stereocenters. The van der Waals surface area contributed by atoms with Crippen LogP contribution in [0.25, 0.3) is 0 Å². The fourth-order valence-electron chi connectivity index (χ4n) is 0.781.